The van der Waals surface area contributed by atoms with Crippen LogP contribution in [0, 0.1) is 5.92 Å². The molecule has 1 amide bonds. The standard InChI is InChI=1S/C22H21F3N2O3/c23-22(24,25)15-3-1-13(2-4-15)7-8-30-17-5-6-19-18(11-17)20(12-26-19)27-21(29)14-9-16(28)10-14/h1-6,11-12,14,16,26,28H,7-10H2,(H,27,29). The van der Waals surface area contributed by atoms with Crippen LogP contribution >= 0.6 is 0 Å². The lowest BCUT2D eigenvalue weighted by molar-refractivity contribution is -0.137. The molecule has 1 aliphatic carbocycles. The number of benzene rings is 2. The third-order valence-electron chi connectivity index (χ3n) is 5.34. The second kappa shape index (κ2) is 8.02. The number of rotatable bonds is 6. The quantitative estimate of drug-likeness (QED) is 0.551. The Bertz CT molecular complexity index is 1040. The maximum Gasteiger partial charge on any atom is 0.416 e. The Morgan fingerprint density at radius 2 is 1.90 bits per heavy atom. The van der Waals surface area contributed by atoms with Crippen LogP contribution in [0.5, 0.6) is 5.75 Å². The molecule has 0 bridgehead atoms. The van der Waals surface area contributed by atoms with Crippen molar-refractivity contribution in [1.29, 1.82) is 0 Å². The van der Waals surface area contributed by atoms with E-state index in [-0.39, 0.29) is 11.8 Å². The van der Waals surface area contributed by atoms with Crippen molar-refractivity contribution in [2.24, 2.45) is 5.92 Å². The minimum atomic E-state index is -4.34. The van der Waals surface area contributed by atoms with Gasteiger partial charge < -0.3 is 20.1 Å². The Balaban J connectivity index is 1.37. The number of alkyl halides is 3. The third-order valence-corrected chi connectivity index (χ3v) is 5.34. The second-order valence-electron chi connectivity index (χ2n) is 7.51. The monoisotopic (exact) mass is 418 g/mol. The normalized spacial score (nSPS) is 18.8. The molecule has 0 unspecified atom stereocenters. The van der Waals surface area contributed by atoms with Crippen LogP contribution in [-0.4, -0.2) is 28.7 Å². The molecule has 158 valence electrons. The molecular formula is C22H21F3N2O3. The predicted octanol–water partition coefficient (Wildman–Crippen LogP) is 4.52. The summed E-state index contributed by atoms with van der Waals surface area (Å²) >= 11 is 0. The summed E-state index contributed by atoms with van der Waals surface area (Å²) in [6.07, 6.45) is -1.60. The first-order valence-electron chi connectivity index (χ1n) is 9.68. The lowest BCUT2D eigenvalue weighted by Gasteiger charge is -2.29. The van der Waals surface area contributed by atoms with Crippen molar-refractivity contribution in [3.05, 3.63) is 59.8 Å². The molecule has 1 saturated carbocycles. The number of aromatic nitrogens is 1. The molecule has 1 heterocycles. The molecule has 8 heteroatoms. The summed E-state index contributed by atoms with van der Waals surface area (Å²) in [5.41, 5.74) is 1.57. The topological polar surface area (TPSA) is 74.4 Å². The Morgan fingerprint density at radius 1 is 1.17 bits per heavy atom. The van der Waals surface area contributed by atoms with Crippen LogP contribution in [0.3, 0.4) is 0 Å². The molecule has 0 spiro atoms. The molecule has 3 aromatic rings. The van der Waals surface area contributed by atoms with Gasteiger partial charge in [-0.15, -0.1) is 0 Å². The van der Waals surface area contributed by atoms with Gasteiger partial charge in [0, 0.05) is 29.4 Å². The van der Waals surface area contributed by atoms with E-state index in [0.717, 1.165) is 28.6 Å². The highest BCUT2D eigenvalue weighted by molar-refractivity contribution is 6.03. The molecule has 3 N–H and O–H groups in total. The van der Waals surface area contributed by atoms with Crippen molar-refractivity contribution in [2.75, 3.05) is 11.9 Å². The van der Waals surface area contributed by atoms with E-state index >= 15 is 0 Å². The van der Waals surface area contributed by atoms with E-state index < -0.39 is 17.8 Å². The highest BCUT2D eigenvalue weighted by Crippen LogP contribution is 2.32. The van der Waals surface area contributed by atoms with Crippen molar-refractivity contribution >= 4 is 22.5 Å². The lowest BCUT2D eigenvalue weighted by Crippen LogP contribution is -2.37. The van der Waals surface area contributed by atoms with Crippen LogP contribution in [0.15, 0.2) is 48.7 Å². The van der Waals surface area contributed by atoms with E-state index in [2.05, 4.69) is 10.3 Å². The molecule has 0 aliphatic heterocycles. The number of carbonyl (C=O) groups is 1. The summed E-state index contributed by atoms with van der Waals surface area (Å²) in [5.74, 6) is 0.312. The fraction of sp³-hybridized carbons (Fsp3) is 0.318. The number of aliphatic hydroxyl groups excluding tert-OH is 1. The SMILES string of the molecule is O=C(Nc1c[nH]c2ccc(OCCc3ccc(C(F)(F)F)cc3)cc12)C1CC(O)C1. The molecule has 1 aliphatic rings. The minimum Gasteiger partial charge on any atom is -0.493 e. The molecular weight excluding hydrogens is 397 g/mol. The number of hydrogen-bond acceptors (Lipinski definition) is 3. The minimum absolute atomic E-state index is 0.116. The van der Waals surface area contributed by atoms with Gasteiger partial charge >= 0.3 is 6.18 Å². The summed E-state index contributed by atoms with van der Waals surface area (Å²) in [4.78, 5) is 15.3. The maximum absolute atomic E-state index is 12.6. The van der Waals surface area contributed by atoms with Gasteiger partial charge in [-0.2, -0.15) is 13.2 Å². The Hall–Kier alpha value is -3.00. The number of amides is 1. The van der Waals surface area contributed by atoms with Gasteiger partial charge in [-0.25, -0.2) is 0 Å². The molecule has 1 aromatic heterocycles. The van der Waals surface area contributed by atoms with Gasteiger partial charge in [0.15, 0.2) is 0 Å². The van der Waals surface area contributed by atoms with Crippen LogP contribution in [0.25, 0.3) is 10.9 Å². The molecule has 2 aromatic carbocycles. The van der Waals surface area contributed by atoms with Gasteiger partial charge in [-0.05, 0) is 48.7 Å². The number of nitrogens with one attached hydrogen (secondary N) is 2. The van der Waals surface area contributed by atoms with Gasteiger partial charge in [0.1, 0.15) is 5.75 Å². The lowest BCUT2D eigenvalue weighted by atomic mass is 9.82. The van der Waals surface area contributed by atoms with Crippen LogP contribution < -0.4 is 10.1 Å². The summed E-state index contributed by atoms with van der Waals surface area (Å²) in [5, 5.41) is 13.0. The van der Waals surface area contributed by atoms with Crippen LogP contribution in [-0.2, 0) is 17.4 Å². The number of aromatic amines is 1. The highest BCUT2D eigenvalue weighted by Gasteiger charge is 2.33. The van der Waals surface area contributed by atoms with Crippen molar-refractivity contribution in [2.45, 2.75) is 31.5 Å². The van der Waals surface area contributed by atoms with E-state index in [1.54, 1.807) is 12.3 Å². The van der Waals surface area contributed by atoms with E-state index in [4.69, 9.17) is 4.74 Å². The Kier molecular flexibility index (Phi) is 5.42. The number of fused-ring (bicyclic) bond motifs is 1. The first-order chi connectivity index (χ1) is 14.3. The third kappa shape index (κ3) is 4.43. The zero-order valence-electron chi connectivity index (χ0n) is 16.0. The number of carbonyl (C=O) groups excluding carboxylic acids is 1. The fourth-order valence-corrected chi connectivity index (χ4v) is 3.48. The first-order valence-corrected chi connectivity index (χ1v) is 9.68. The number of aliphatic hydroxyl groups is 1. The van der Waals surface area contributed by atoms with Gasteiger partial charge in [-0.1, -0.05) is 12.1 Å². The molecule has 1 fully saturated rings. The van der Waals surface area contributed by atoms with E-state index in [9.17, 15) is 23.1 Å². The second-order valence-corrected chi connectivity index (χ2v) is 7.51. The number of ether oxygens (including phenoxy) is 1. The Labute approximate surface area is 170 Å². The van der Waals surface area contributed by atoms with E-state index in [1.165, 1.54) is 12.1 Å². The number of hydrogen-bond donors (Lipinski definition) is 3. The number of H-pyrrole nitrogens is 1. The average Bonchev–Trinajstić information content (AvgIpc) is 3.07. The molecule has 5 nitrogen and oxygen atoms in total. The first kappa shape index (κ1) is 20.3. The average molecular weight is 418 g/mol. The van der Waals surface area contributed by atoms with Gasteiger partial charge in [0.25, 0.3) is 0 Å². The van der Waals surface area contributed by atoms with Gasteiger partial charge in [0.2, 0.25) is 5.91 Å². The summed E-state index contributed by atoms with van der Waals surface area (Å²) in [6.45, 7) is 0.308. The van der Waals surface area contributed by atoms with Crippen molar-refractivity contribution < 1.29 is 27.8 Å². The smallest absolute Gasteiger partial charge is 0.416 e. The summed E-state index contributed by atoms with van der Waals surface area (Å²) < 4.78 is 43.6. The van der Waals surface area contributed by atoms with Crippen LogP contribution in [0.1, 0.15) is 24.0 Å². The van der Waals surface area contributed by atoms with Gasteiger partial charge in [-0.3, -0.25) is 4.79 Å². The van der Waals surface area contributed by atoms with Gasteiger partial charge in [0.05, 0.1) is 24.0 Å². The summed E-state index contributed by atoms with van der Waals surface area (Å²) in [7, 11) is 0. The fourth-order valence-electron chi connectivity index (χ4n) is 3.48. The van der Waals surface area contributed by atoms with Crippen molar-refractivity contribution in [3.63, 3.8) is 0 Å². The van der Waals surface area contributed by atoms with Crippen molar-refractivity contribution in [1.82, 2.24) is 4.98 Å². The molecule has 30 heavy (non-hydrogen) atoms. The largest absolute Gasteiger partial charge is 0.493 e. The number of halogens is 3. The summed E-state index contributed by atoms with van der Waals surface area (Å²) in [6, 6.07) is 10.5. The molecule has 0 atom stereocenters. The van der Waals surface area contributed by atoms with Crippen LogP contribution in [0.2, 0.25) is 0 Å². The molecule has 0 saturated heterocycles. The highest BCUT2D eigenvalue weighted by atomic mass is 19.4. The maximum atomic E-state index is 12.6. The van der Waals surface area contributed by atoms with Crippen LogP contribution in [0.4, 0.5) is 18.9 Å². The molecule has 4 rings (SSSR count). The van der Waals surface area contributed by atoms with Crippen molar-refractivity contribution in [3.8, 4) is 5.75 Å². The van der Waals surface area contributed by atoms with E-state index in [0.29, 0.717) is 37.3 Å². The zero-order chi connectivity index (χ0) is 21.3. The zero-order valence-corrected chi connectivity index (χ0v) is 16.0. The predicted molar refractivity (Wildman–Crippen MR) is 106 cm³/mol. The Morgan fingerprint density at radius 3 is 2.57 bits per heavy atom. The molecule has 0 radical (unpaired) electrons. The van der Waals surface area contributed by atoms with E-state index in [1.807, 2.05) is 12.1 Å². The number of anilines is 1.